The molecule has 0 fully saturated rings. The maximum absolute atomic E-state index is 13.7. The van der Waals surface area contributed by atoms with Gasteiger partial charge >= 0.3 is 0 Å². The Labute approximate surface area is 142 Å². The standard InChI is InChI=1S/C17H16BrFN2O2/c1-10-8-12(6-7-13(10)18)21-16(23)9-20-15-5-3-4-14(19)17(15)11(2)22/h3-8,20H,9H2,1-2H3,(H,21,23). The van der Waals surface area contributed by atoms with Crippen LogP contribution in [-0.2, 0) is 4.79 Å². The number of carbonyl (C=O) groups is 2. The first-order valence-electron chi connectivity index (χ1n) is 6.98. The van der Waals surface area contributed by atoms with E-state index in [0.717, 1.165) is 10.0 Å². The Morgan fingerprint density at radius 1 is 1.22 bits per heavy atom. The van der Waals surface area contributed by atoms with E-state index in [9.17, 15) is 14.0 Å². The topological polar surface area (TPSA) is 58.2 Å². The smallest absolute Gasteiger partial charge is 0.243 e. The maximum Gasteiger partial charge on any atom is 0.243 e. The molecule has 0 radical (unpaired) electrons. The monoisotopic (exact) mass is 378 g/mol. The van der Waals surface area contributed by atoms with E-state index in [4.69, 9.17) is 0 Å². The van der Waals surface area contributed by atoms with Crippen molar-refractivity contribution < 1.29 is 14.0 Å². The highest BCUT2D eigenvalue weighted by atomic mass is 79.9. The lowest BCUT2D eigenvalue weighted by Gasteiger charge is -2.11. The van der Waals surface area contributed by atoms with E-state index in [1.165, 1.54) is 19.1 Å². The minimum absolute atomic E-state index is 0.0419. The molecule has 4 nitrogen and oxygen atoms in total. The quantitative estimate of drug-likeness (QED) is 0.768. The molecule has 0 aromatic heterocycles. The first-order chi connectivity index (χ1) is 10.9. The number of anilines is 2. The summed E-state index contributed by atoms with van der Waals surface area (Å²) in [4.78, 5) is 23.5. The number of rotatable bonds is 5. The predicted octanol–water partition coefficient (Wildman–Crippen LogP) is 4.15. The van der Waals surface area contributed by atoms with E-state index in [1.807, 2.05) is 19.1 Å². The molecule has 0 bridgehead atoms. The van der Waals surface area contributed by atoms with Crippen LogP contribution in [0.1, 0.15) is 22.8 Å². The van der Waals surface area contributed by atoms with Gasteiger partial charge in [0, 0.05) is 15.8 Å². The Morgan fingerprint density at radius 2 is 1.96 bits per heavy atom. The summed E-state index contributed by atoms with van der Waals surface area (Å²) in [5.41, 5.74) is 1.93. The number of ketones is 1. The molecule has 6 heteroatoms. The van der Waals surface area contributed by atoms with Crippen molar-refractivity contribution in [2.45, 2.75) is 13.8 Å². The second-order valence-electron chi connectivity index (χ2n) is 5.08. The largest absolute Gasteiger partial charge is 0.375 e. The van der Waals surface area contributed by atoms with Gasteiger partial charge in [0.1, 0.15) is 5.82 Å². The van der Waals surface area contributed by atoms with Crippen molar-refractivity contribution in [3.63, 3.8) is 0 Å². The molecule has 120 valence electrons. The summed E-state index contributed by atoms with van der Waals surface area (Å²) in [5, 5.41) is 5.54. The molecule has 1 amide bonds. The molecule has 23 heavy (non-hydrogen) atoms. The van der Waals surface area contributed by atoms with Gasteiger partial charge in [0.05, 0.1) is 12.1 Å². The van der Waals surface area contributed by atoms with E-state index in [2.05, 4.69) is 26.6 Å². The predicted molar refractivity (Wildman–Crippen MR) is 92.4 cm³/mol. The average Bonchev–Trinajstić information content (AvgIpc) is 2.48. The van der Waals surface area contributed by atoms with Crippen LogP contribution in [0.4, 0.5) is 15.8 Å². The zero-order valence-corrected chi connectivity index (χ0v) is 14.3. The van der Waals surface area contributed by atoms with E-state index in [0.29, 0.717) is 11.4 Å². The molecular formula is C17H16BrFN2O2. The molecule has 0 heterocycles. The second kappa shape index (κ2) is 7.37. The van der Waals surface area contributed by atoms with Crippen LogP contribution in [0.15, 0.2) is 40.9 Å². The average molecular weight is 379 g/mol. The first-order valence-corrected chi connectivity index (χ1v) is 7.77. The lowest BCUT2D eigenvalue weighted by Crippen LogP contribution is -2.22. The van der Waals surface area contributed by atoms with Gasteiger partial charge < -0.3 is 10.6 Å². The van der Waals surface area contributed by atoms with Gasteiger partial charge in [-0.05, 0) is 49.7 Å². The van der Waals surface area contributed by atoms with Gasteiger partial charge in [0.2, 0.25) is 5.91 Å². The summed E-state index contributed by atoms with van der Waals surface area (Å²) in [6.07, 6.45) is 0. The zero-order chi connectivity index (χ0) is 17.0. The number of carbonyl (C=O) groups excluding carboxylic acids is 2. The van der Waals surface area contributed by atoms with Gasteiger partial charge in [0.15, 0.2) is 5.78 Å². The van der Waals surface area contributed by atoms with E-state index in [1.54, 1.807) is 12.1 Å². The number of halogens is 2. The zero-order valence-electron chi connectivity index (χ0n) is 12.7. The van der Waals surface area contributed by atoms with Crippen molar-refractivity contribution in [1.82, 2.24) is 0 Å². The van der Waals surface area contributed by atoms with E-state index >= 15 is 0 Å². The number of amides is 1. The summed E-state index contributed by atoms with van der Waals surface area (Å²) in [7, 11) is 0. The number of hydrogen-bond donors (Lipinski definition) is 2. The summed E-state index contributed by atoms with van der Waals surface area (Å²) < 4.78 is 14.6. The molecular weight excluding hydrogens is 363 g/mol. The van der Waals surface area contributed by atoms with E-state index < -0.39 is 11.6 Å². The number of nitrogens with one attached hydrogen (secondary N) is 2. The molecule has 2 aromatic carbocycles. The van der Waals surface area contributed by atoms with Crippen molar-refractivity contribution in [1.29, 1.82) is 0 Å². The lowest BCUT2D eigenvalue weighted by molar-refractivity contribution is -0.114. The summed E-state index contributed by atoms with van der Waals surface area (Å²) in [6.45, 7) is 3.14. The number of Topliss-reactive ketones (excluding diaryl/α,β-unsaturated/α-hetero) is 1. The Kier molecular flexibility index (Phi) is 5.50. The van der Waals surface area contributed by atoms with Crippen LogP contribution >= 0.6 is 15.9 Å². The fraction of sp³-hybridized carbons (Fsp3) is 0.176. The van der Waals surface area contributed by atoms with Crippen LogP contribution < -0.4 is 10.6 Å². The normalized spacial score (nSPS) is 10.3. The van der Waals surface area contributed by atoms with Gasteiger partial charge in [-0.25, -0.2) is 4.39 Å². The highest BCUT2D eigenvalue weighted by molar-refractivity contribution is 9.10. The molecule has 0 atom stereocenters. The molecule has 0 unspecified atom stereocenters. The van der Waals surface area contributed by atoms with Crippen LogP contribution in [0.3, 0.4) is 0 Å². The summed E-state index contributed by atoms with van der Waals surface area (Å²) in [6, 6.07) is 9.73. The third-order valence-electron chi connectivity index (χ3n) is 3.25. The highest BCUT2D eigenvalue weighted by Crippen LogP contribution is 2.21. The number of aryl methyl sites for hydroxylation is 1. The molecule has 2 aromatic rings. The minimum Gasteiger partial charge on any atom is -0.375 e. The molecule has 0 saturated heterocycles. The van der Waals surface area contributed by atoms with E-state index in [-0.39, 0.29) is 18.0 Å². The van der Waals surface area contributed by atoms with Gasteiger partial charge in [-0.2, -0.15) is 0 Å². The van der Waals surface area contributed by atoms with Crippen molar-refractivity contribution in [2.24, 2.45) is 0 Å². The van der Waals surface area contributed by atoms with Crippen LogP contribution in [0.5, 0.6) is 0 Å². The van der Waals surface area contributed by atoms with Crippen LogP contribution in [0.2, 0.25) is 0 Å². The number of benzene rings is 2. The first kappa shape index (κ1) is 17.1. The lowest BCUT2D eigenvalue weighted by atomic mass is 10.1. The number of hydrogen-bond acceptors (Lipinski definition) is 3. The minimum atomic E-state index is -0.605. The fourth-order valence-corrected chi connectivity index (χ4v) is 2.38. The summed E-state index contributed by atoms with van der Waals surface area (Å²) in [5.74, 6) is -1.29. The van der Waals surface area contributed by atoms with Crippen LogP contribution in [0, 0.1) is 12.7 Å². The Balaban J connectivity index is 2.03. The van der Waals surface area contributed by atoms with Crippen molar-refractivity contribution in [3.05, 3.63) is 57.8 Å². The van der Waals surface area contributed by atoms with Crippen molar-refractivity contribution in [3.8, 4) is 0 Å². The highest BCUT2D eigenvalue weighted by Gasteiger charge is 2.13. The molecule has 0 aliphatic carbocycles. The molecule has 2 rings (SSSR count). The van der Waals surface area contributed by atoms with Gasteiger partial charge in [-0.1, -0.05) is 22.0 Å². The molecule has 0 spiro atoms. The molecule has 0 aliphatic heterocycles. The maximum atomic E-state index is 13.7. The van der Waals surface area contributed by atoms with Crippen LogP contribution in [0.25, 0.3) is 0 Å². The molecule has 2 N–H and O–H groups in total. The molecule has 0 aliphatic rings. The SMILES string of the molecule is CC(=O)c1c(F)cccc1NCC(=O)Nc1ccc(Br)c(C)c1. The van der Waals surface area contributed by atoms with Crippen molar-refractivity contribution >= 4 is 39.0 Å². The third kappa shape index (κ3) is 4.39. The Hall–Kier alpha value is -2.21. The molecule has 0 saturated carbocycles. The second-order valence-corrected chi connectivity index (χ2v) is 5.94. The van der Waals surface area contributed by atoms with Gasteiger partial charge in [-0.3, -0.25) is 9.59 Å². The van der Waals surface area contributed by atoms with Gasteiger partial charge in [0.25, 0.3) is 0 Å². The van der Waals surface area contributed by atoms with Crippen LogP contribution in [-0.4, -0.2) is 18.2 Å². The Morgan fingerprint density at radius 3 is 2.61 bits per heavy atom. The van der Waals surface area contributed by atoms with Gasteiger partial charge in [-0.15, -0.1) is 0 Å². The summed E-state index contributed by atoms with van der Waals surface area (Å²) >= 11 is 3.39. The van der Waals surface area contributed by atoms with Crippen molar-refractivity contribution in [2.75, 3.05) is 17.2 Å². The third-order valence-corrected chi connectivity index (χ3v) is 4.14. The Bertz CT molecular complexity index is 762. The fourth-order valence-electron chi connectivity index (χ4n) is 2.13.